The molecule has 2 saturated carbocycles. The van der Waals surface area contributed by atoms with Crippen LogP contribution in [0.4, 0.5) is 4.79 Å². The van der Waals surface area contributed by atoms with Crippen molar-refractivity contribution in [2.24, 2.45) is 5.92 Å². The van der Waals surface area contributed by atoms with E-state index in [1.54, 1.807) is 7.11 Å². The van der Waals surface area contributed by atoms with E-state index in [1.807, 2.05) is 27.7 Å². The summed E-state index contributed by atoms with van der Waals surface area (Å²) >= 11 is 0. The van der Waals surface area contributed by atoms with E-state index in [9.17, 15) is 4.79 Å². The SMILES string of the molecule is CCOC1CC(NC2CCCCC2CNC(=O)OC(C)(C)C)C1OC. The summed E-state index contributed by atoms with van der Waals surface area (Å²) in [7, 11) is 1.76. The van der Waals surface area contributed by atoms with Crippen molar-refractivity contribution in [1.82, 2.24) is 10.6 Å². The number of methoxy groups -OCH3 is 1. The molecule has 146 valence electrons. The van der Waals surface area contributed by atoms with Gasteiger partial charge < -0.3 is 24.8 Å². The molecule has 0 radical (unpaired) electrons. The van der Waals surface area contributed by atoms with Crippen molar-refractivity contribution >= 4 is 6.09 Å². The van der Waals surface area contributed by atoms with Crippen LogP contribution in [-0.4, -0.2) is 56.2 Å². The van der Waals surface area contributed by atoms with E-state index in [4.69, 9.17) is 14.2 Å². The third kappa shape index (κ3) is 6.12. The van der Waals surface area contributed by atoms with Crippen molar-refractivity contribution in [2.75, 3.05) is 20.3 Å². The summed E-state index contributed by atoms with van der Waals surface area (Å²) in [6, 6.07) is 0.752. The number of ether oxygens (including phenoxy) is 3. The summed E-state index contributed by atoms with van der Waals surface area (Å²) in [5.41, 5.74) is -0.458. The number of carbonyl (C=O) groups is 1. The van der Waals surface area contributed by atoms with Gasteiger partial charge in [-0.3, -0.25) is 0 Å². The van der Waals surface area contributed by atoms with Gasteiger partial charge in [0.2, 0.25) is 0 Å². The molecular weight excluding hydrogens is 320 g/mol. The highest BCUT2D eigenvalue weighted by atomic mass is 16.6. The second-order valence-electron chi connectivity index (χ2n) is 8.24. The minimum Gasteiger partial charge on any atom is -0.444 e. The van der Waals surface area contributed by atoms with E-state index in [1.165, 1.54) is 12.8 Å². The van der Waals surface area contributed by atoms with Crippen LogP contribution in [0.2, 0.25) is 0 Å². The van der Waals surface area contributed by atoms with Gasteiger partial charge in [-0.15, -0.1) is 0 Å². The van der Waals surface area contributed by atoms with Gasteiger partial charge in [0.1, 0.15) is 5.60 Å². The largest absolute Gasteiger partial charge is 0.444 e. The normalized spacial score (nSPS) is 32.8. The van der Waals surface area contributed by atoms with Crippen molar-refractivity contribution in [3.8, 4) is 0 Å². The van der Waals surface area contributed by atoms with Gasteiger partial charge in [0.25, 0.3) is 0 Å². The monoisotopic (exact) mass is 356 g/mol. The van der Waals surface area contributed by atoms with Crippen LogP contribution in [-0.2, 0) is 14.2 Å². The summed E-state index contributed by atoms with van der Waals surface area (Å²) in [6.45, 7) is 9.05. The lowest BCUT2D eigenvalue weighted by Gasteiger charge is -2.46. The molecule has 0 aliphatic heterocycles. The molecule has 0 bridgehead atoms. The molecule has 0 aromatic rings. The lowest BCUT2D eigenvalue weighted by atomic mass is 9.80. The number of carbonyl (C=O) groups excluding carboxylic acids is 1. The zero-order valence-electron chi connectivity index (χ0n) is 16.5. The Bertz CT molecular complexity index is 424. The Morgan fingerprint density at radius 1 is 1.16 bits per heavy atom. The third-order valence-electron chi connectivity index (χ3n) is 5.15. The second kappa shape index (κ2) is 9.19. The molecule has 0 spiro atoms. The average Bonchev–Trinajstić information content (AvgIpc) is 2.51. The van der Waals surface area contributed by atoms with Crippen LogP contribution in [0.1, 0.15) is 59.8 Å². The van der Waals surface area contributed by atoms with Crippen molar-refractivity contribution < 1.29 is 19.0 Å². The van der Waals surface area contributed by atoms with Gasteiger partial charge in [0.15, 0.2) is 0 Å². The molecule has 2 rings (SSSR count). The quantitative estimate of drug-likeness (QED) is 0.734. The van der Waals surface area contributed by atoms with Gasteiger partial charge in [-0.05, 0) is 52.9 Å². The number of rotatable bonds is 7. The third-order valence-corrected chi connectivity index (χ3v) is 5.15. The highest BCUT2D eigenvalue weighted by Gasteiger charge is 2.43. The Morgan fingerprint density at radius 3 is 2.52 bits per heavy atom. The molecule has 5 atom stereocenters. The van der Waals surface area contributed by atoms with Gasteiger partial charge >= 0.3 is 6.09 Å². The molecule has 0 saturated heterocycles. The van der Waals surface area contributed by atoms with Crippen LogP contribution in [0.3, 0.4) is 0 Å². The van der Waals surface area contributed by atoms with Crippen LogP contribution in [0.25, 0.3) is 0 Å². The predicted molar refractivity (Wildman–Crippen MR) is 97.7 cm³/mol. The van der Waals surface area contributed by atoms with Crippen molar-refractivity contribution in [1.29, 1.82) is 0 Å². The Kier molecular flexibility index (Phi) is 7.52. The number of hydrogen-bond donors (Lipinski definition) is 2. The molecule has 5 unspecified atom stereocenters. The number of hydrogen-bond acceptors (Lipinski definition) is 5. The number of alkyl carbamates (subject to hydrolysis) is 1. The molecule has 2 fully saturated rings. The first-order chi connectivity index (χ1) is 11.8. The van der Waals surface area contributed by atoms with E-state index < -0.39 is 5.60 Å². The van der Waals surface area contributed by atoms with Gasteiger partial charge in [0.05, 0.1) is 12.2 Å². The van der Waals surface area contributed by atoms with Crippen LogP contribution in [0, 0.1) is 5.92 Å². The molecule has 2 aliphatic rings. The predicted octanol–water partition coefficient (Wildman–Crippen LogP) is 2.85. The average molecular weight is 357 g/mol. The molecule has 2 N–H and O–H groups in total. The van der Waals surface area contributed by atoms with Gasteiger partial charge in [-0.25, -0.2) is 4.79 Å². The summed E-state index contributed by atoms with van der Waals surface area (Å²) in [6.07, 6.45) is 5.73. The smallest absolute Gasteiger partial charge is 0.407 e. The van der Waals surface area contributed by atoms with Gasteiger partial charge in [0, 0.05) is 32.3 Å². The van der Waals surface area contributed by atoms with Crippen molar-refractivity contribution in [3.05, 3.63) is 0 Å². The molecule has 1 amide bonds. The van der Waals surface area contributed by atoms with Gasteiger partial charge in [-0.2, -0.15) is 0 Å². The minimum atomic E-state index is -0.458. The first-order valence-corrected chi connectivity index (χ1v) is 9.71. The molecule has 0 aromatic heterocycles. The Morgan fingerprint density at radius 2 is 1.88 bits per heavy atom. The topological polar surface area (TPSA) is 68.8 Å². The van der Waals surface area contributed by atoms with E-state index in [0.717, 1.165) is 25.9 Å². The van der Waals surface area contributed by atoms with Crippen LogP contribution >= 0.6 is 0 Å². The van der Waals surface area contributed by atoms with Crippen molar-refractivity contribution in [3.63, 3.8) is 0 Å². The van der Waals surface area contributed by atoms with E-state index in [2.05, 4.69) is 10.6 Å². The lowest BCUT2D eigenvalue weighted by Crippen LogP contribution is -2.63. The zero-order chi connectivity index (χ0) is 18.4. The second-order valence-corrected chi connectivity index (χ2v) is 8.24. The molecule has 25 heavy (non-hydrogen) atoms. The molecule has 6 heteroatoms. The molecule has 0 heterocycles. The first-order valence-electron chi connectivity index (χ1n) is 9.71. The summed E-state index contributed by atoms with van der Waals surface area (Å²) in [5, 5.41) is 6.72. The fraction of sp³-hybridized carbons (Fsp3) is 0.947. The molecular formula is C19H36N2O4. The Balaban J connectivity index is 1.81. The van der Waals surface area contributed by atoms with E-state index in [0.29, 0.717) is 24.5 Å². The van der Waals surface area contributed by atoms with Crippen LogP contribution < -0.4 is 10.6 Å². The Labute approximate surface area is 152 Å². The maximum atomic E-state index is 11.9. The maximum Gasteiger partial charge on any atom is 0.407 e. The first kappa shape index (κ1) is 20.5. The van der Waals surface area contributed by atoms with Crippen LogP contribution in [0.5, 0.6) is 0 Å². The van der Waals surface area contributed by atoms with Crippen LogP contribution in [0.15, 0.2) is 0 Å². The zero-order valence-corrected chi connectivity index (χ0v) is 16.5. The summed E-state index contributed by atoms with van der Waals surface area (Å²) in [5.74, 6) is 0.435. The number of nitrogens with one attached hydrogen (secondary N) is 2. The minimum absolute atomic E-state index is 0.126. The standard InChI is InChI=1S/C19H36N2O4/c1-6-24-16-11-15(17(16)23-5)21-14-10-8-7-9-13(14)12-20-18(22)25-19(2,3)4/h13-17,21H,6-12H2,1-5H3,(H,20,22). The number of amides is 1. The molecule has 6 nitrogen and oxygen atoms in total. The lowest BCUT2D eigenvalue weighted by molar-refractivity contribution is -0.134. The van der Waals surface area contributed by atoms with Gasteiger partial charge in [-0.1, -0.05) is 12.8 Å². The van der Waals surface area contributed by atoms with E-state index in [-0.39, 0.29) is 18.3 Å². The summed E-state index contributed by atoms with van der Waals surface area (Å²) in [4.78, 5) is 11.9. The molecule has 2 aliphatic carbocycles. The maximum absolute atomic E-state index is 11.9. The highest BCUT2D eigenvalue weighted by Crippen LogP contribution is 2.31. The van der Waals surface area contributed by atoms with E-state index >= 15 is 0 Å². The highest BCUT2D eigenvalue weighted by molar-refractivity contribution is 5.67. The summed E-state index contributed by atoms with van der Waals surface area (Å²) < 4.78 is 16.7. The van der Waals surface area contributed by atoms with Crippen molar-refractivity contribution in [2.45, 2.75) is 89.7 Å². The fourth-order valence-electron chi connectivity index (χ4n) is 3.91. The Hall–Kier alpha value is -0.850. The fourth-order valence-corrected chi connectivity index (χ4v) is 3.91. The molecule has 0 aromatic carbocycles.